The molecule has 0 saturated carbocycles. The number of aliphatic hydroxyl groups excluding tert-OH is 1. The van der Waals surface area contributed by atoms with E-state index < -0.39 is 11.7 Å². The summed E-state index contributed by atoms with van der Waals surface area (Å²) in [5.74, 6) is 0.685. The van der Waals surface area contributed by atoms with Gasteiger partial charge in [0.05, 0.1) is 21.9 Å². The number of thiazole rings is 1. The number of para-hydroxylation sites is 1. The molecule has 0 fully saturated rings. The third-order valence-corrected chi connectivity index (χ3v) is 5.30. The van der Waals surface area contributed by atoms with E-state index in [9.17, 15) is 13.2 Å². The van der Waals surface area contributed by atoms with Gasteiger partial charge < -0.3 is 14.7 Å². The van der Waals surface area contributed by atoms with Crippen molar-refractivity contribution in [3.05, 3.63) is 58.6 Å². The van der Waals surface area contributed by atoms with Crippen molar-refractivity contribution in [1.82, 2.24) is 9.88 Å². The van der Waals surface area contributed by atoms with Crippen molar-refractivity contribution in [2.75, 3.05) is 33.4 Å². The number of rotatable bonds is 8. The largest absolute Gasteiger partial charge is 0.490 e. The van der Waals surface area contributed by atoms with Crippen LogP contribution in [0.4, 0.5) is 13.2 Å². The Morgan fingerprint density at radius 1 is 1.11 bits per heavy atom. The number of hydrogen-bond donors (Lipinski definition) is 1. The molecular formula is C20H21F3N2O2S. The molecule has 0 aliphatic heterocycles. The summed E-state index contributed by atoms with van der Waals surface area (Å²) < 4.78 is 44.9. The first-order chi connectivity index (χ1) is 13.4. The van der Waals surface area contributed by atoms with Gasteiger partial charge in [0, 0.05) is 19.5 Å². The van der Waals surface area contributed by atoms with E-state index in [4.69, 9.17) is 9.84 Å². The molecule has 4 nitrogen and oxygen atoms in total. The summed E-state index contributed by atoms with van der Waals surface area (Å²) in [6.45, 7) is 1.84. The van der Waals surface area contributed by atoms with Crippen LogP contribution >= 0.6 is 11.3 Å². The van der Waals surface area contributed by atoms with Gasteiger partial charge in [-0.25, -0.2) is 4.98 Å². The maximum atomic E-state index is 12.7. The number of halogens is 3. The third kappa shape index (κ3) is 5.21. The Kier molecular flexibility index (Phi) is 6.53. The molecule has 28 heavy (non-hydrogen) atoms. The van der Waals surface area contributed by atoms with E-state index in [2.05, 4.69) is 4.98 Å². The van der Waals surface area contributed by atoms with Gasteiger partial charge in [-0.3, -0.25) is 0 Å². The van der Waals surface area contributed by atoms with E-state index in [-0.39, 0.29) is 6.61 Å². The predicted molar refractivity (Wildman–Crippen MR) is 104 cm³/mol. The zero-order valence-corrected chi connectivity index (χ0v) is 16.2. The minimum Gasteiger partial charge on any atom is -0.490 e. The topological polar surface area (TPSA) is 45.6 Å². The van der Waals surface area contributed by atoms with E-state index in [1.807, 2.05) is 30.1 Å². The van der Waals surface area contributed by atoms with Gasteiger partial charge in [0.15, 0.2) is 0 Å². The quantitative estimate of drug-likeness (QED) is 0.604. The van der Waals surface area contributed by atoms with Gasteiger partial charge in [-0.15, -0.1) is 11.3 Å². The molecule has 0 bridgehead atoms. The van der Waals surface area contributed by atoms with Crippen LogP contribution in [0.5, 0.6) is 5.75 Å². The first kappa shape index (κ1) is 20.6. The first-order valence-electron chi connectivity index (χ1n) is 8.83. The molecule has 3 aromatic rings. The Morgan fingerprint density at radius 2 is 1.86 bits per heavy atom. The molecule has 0 amide bonds. The summed E-state index contributed by atoms with van der Waals surface area (Å²) in [4.78, 5) is 6.60. The van der Waals surface area contributed by atoms with Gasteiger partial charge >= 0.3 is 6.18 Å². The number of aromatic nitrogens is 1. The molecule has 3 rings (SSSR count). The lowest BCUT2D eigenvalue weighted by Gasteiger charge is -2.15. The molecular weight excluding hydrogens is 389 g/mol. The predicted octanol–water partition coefficient (Wildman–Crippen LogP) is 4.21. The second-order valence-corrected chi connectivity index (χ2v) is 7.57. The fraction of sp³-hybridized carbons (Fsp3) is 0.350. The summed E-state index contributed by atoms with van der Waals surface area (Å²) in [5.41, 5.74) is 0.891. The van der Waals surface area contributed by atoms with Crippen molar-refractivity contribution in [2.45, 2.75) is 12.6 Å². The first-order valence-corrected chi connectivity index (χ1v) is 9.65. The second-order valence-electron chi connectivity index (χ2n) is 6.46. The summed E-state index contributed by atoms with van der Waals surface area (Å²) in [6.07, 6.45) is -3.86. The number of alkyl halides is 3. The van der Waals surface area contributed by atoms with Crippen molar-refractivity contribution in [3.63, 3.8) is 0 Å². The number of likely N-dealkylation sites (N-methyl/N-ethyl adjacent to an activating group) is 1. The molecule has 0 saturated heterocycles. The van der Waals surface area contributed by atoms with Crippen molar-refractivity contribution in [3.8, 4) is 5.75 Å². The summed E-state index contributed by atoms with van der Waals surface area (Å²) in [5, 5.41) is 9.75. The van der Waals surface area contributed by atoms with Gasteiger partial charge in [-0.1, -0.05) is 18.2 Å². The van der Waals surface area contributed by atoms with Crippen LogP contribution in [0, 0.1) is 0 Å². The number of fused-ring (bicyclic) bond motifs is 1. The minimum atomic E-state index is -4.33. The monoisotopic (exact) mass is 410 g/mol. The lowest BCUT2D eigenvalue weighted by Crippen LogP contribution is -2.27. The van der Waals surface area contributed by atoms with Crippen molar-refractivity contribution in [1.29, 1.82) is 0 Å². The van der Waals surface area contributed by atoms with E-state index in [0.29, 0.717) is 31.9 Å². The highest BCUT2D eigenvalue weighted by molar-refractivity contribution is 7.18. The Balaban J connectivity index is 1.70. The Labute approximate surface area is 165 Å². The van der Waals surface area contributed by atoms with Crippen LogP contribution < -0.4 is 4.74 Å². The van der Waals surface area contributed by atoms with E-state index in [1.54, 1.807) is 0 Å². The molecule has 8 heteroatoms. The zero-order chi connectivity index (χ0) is 20.1. The highest BCUT2D eigenvalue weighted by Gasteiger charge is 2.29. The van der Waals surface area contributed by atoms with Crippen LogP contribution in [0.25, 0.3) is 10.2 Å². The number of benzene rings is 2. The van der Waals surface area contributed by atoms with Crippen LogP contribution in [0.15, 0.2) is 42.5 Å². The zero-order valence-electron chi connectivity index (χ0n) is 15.4. The van der Waals surface area contributed by atoms with E-state index in [0.717, 1.165) is 32.9 Å². The lowest BCUT2D eigenvalue weighted by atomic mass is 10.1. The highest BCUT2D eigenvalue weighted by Crippen LogP contribution is 2.32. The van der Waals surface area contributed by atoms with Crippen LogP contribution in [0.2, 0.25) is 0 Å². The van der Waals surface area contributed by atoms with Crippen LogP contribution in [0.1, 0.15) is 16.1 Å². The molecule has 1 N–H and O–H groups in total. The standard InChI is InChI=1S/C20H21F3N2O2S/c1-25(9-11-26)10-12-27-16-3-2-4-17-19(16)24-18(28-17)13-14-5-7-15(8-6-14)20(21,22)23/h2-8,26H,9-13H2,1H3. The van der Waals surface area contributed by atoms with Crippen LogP contribution in [-0.2, 0) is 12.6 Å². The molecule has 1 aromatic heterocycles. The van der Waals surface area contributed by atoms with Gasteiger partial charge in [0.25, 0.3) is 0 Å². The molecule has 150 valence electrons. The molecule has 0 spiro atoms. The van der Waals surface area contributed by atoms with Crippen LogP contribution in [0.3, 0.4) is 0 Å². The average molecular weight is 410 g/mol. The summed E-state index contributed by atoms with van der Waals surface area (Å²) in [6, 6.07) is 10.9. The van der Waals surface area contributed by atoms with E-state index >= 15 is 0 Å². The molecule has 0 unspecified atom stereocenters. The van der Waals surface area contributed by atoms with Crippen LogP contribution in [-0.4, -0.2) is 48.3 Å². The normalized spacial score (nSPS) is 12.1. The van der Waals surface area contributed by atoms with Gasteiger partial charge in [-0.2, -0.15) is 13.2 Å². The minimum absolute atomic E-state index is 0.103. The Hall–Kier alpha value is -2.16. The number of nitrogens with zero attached hydrogens (tertiary/aromatic N) is 2. The summed E-state index contributed by atoms with van der Waals surface area (Å²) in [7, 11) is 1.91. The number of aliphatic hydroxyl groups is 1. The maximum Gasteiger partial charge on any atom is 0.416 e. The molecule has 0 aliphatic rings. The number of ether oxygens (including phenoxy) is 1. The van der Waals surface area contributed by atoms with Gasteiger partial charge in [0.1, 0.15) is 17.9 Å². The van der Waals surface area contributed by atoms with Crippen molar-refractivity contribution >= 4 is 21.6 Å². The summed E-state index contributed by atoms with van der Waals surface area (Å²) >= 11 is 1.51. The molecule has 0 atom stereocenters. The third-order valence-electron chi connectivity index (χ3n) is 4.28. The van der Waals surface area contributed by atoms with E-state index in [1.165, 1.54) is 23.5 Å². The molecule has 2 aromatic carbocycles. The molecule has 0 aliphatic carbocycles. The average Bonchev–Trinajstić information content (AvgIpc) is 3.05. The maximum absolute atomic E-state index is 12.7. The van der Waals surface area contributed by atoms with Gasteiger partial charge in [0.2, 0.25) is 0 Å². The smallest absolute Gasteiger partial charge is 0.416 e. The second kappa shape index (κ2) is 8.89. The molecule has 1 heterocycles. The fourth-order valence-electron chi connectivity index (χ4n) is 2.74. The Morgan fingerprint density at radius 3 is 2.54 bits per heavy atom. The fourth-order valence-corrected chi connectivity index (χ4v) is 3.76. The lowest BCUT2D eigenvalue weighted by molar-refractivity contribution is -0.137. The van der Waals surface area contributed by atoms with Crippen molar-refractivity contribution < 1.29 is 23.0 Å². The Bertz CT molecular complexity index is 910. The van der Waals surface area contributed by atoms with Crippen molar-refractivity contribution in [2.24, 2.45) is 0 Å². The highest BCUT2D eigenvalue weighted by atomic mass is 32.1. The SMILES string of the molecule is CN(CCO)CCOc1cccc2sc(Cc3ccc(C(F)(F)F)cc3)nc12. The number of hydrogen-bond acceptors (Lipinski definition) is 5. The molecule has 0 radical (unpaired) electrons. The van der Waals surface area contributed by atoms with Gasteiger partial charge in [-0.05, 0) is 36.9 Å².